The number of pyridine rings is 1. The average Bonchev–Trinajstić information content (AvgIpc) is 3.51. The number of nitrogens with one attached hydrogen (secondary N) is 1. The van der Waals surface area contributed by atoms with Gasteiger partial charge >= 0.3 is 11.9 Å². The lowest BCUT2D eigenvalue weighted by Crippen LogP contribution is -2.22. The third-order valence-corrected chi connectivity index (χ3v) is 7.12. The quantitative estimate of drug-likeness (QED) is 0.173. The van der Waals surface area contributed by atoms with Gasteiger partial charge in [-0.3, -0.25) is 29.1 Å². The summed E-state index contributed by atoms with van der Waals surface area (Å²) in [5.41, 5.74) is 2.24. The fourth-order valence-electron chi connectivity index (χ4n) is 4.18. The highest BCUT2D eigenvalue weighted by atomic mass is 32.1. The molecule has 2 amide bonds. The number of anilines is 1. The van der Waals surface area contributed by atoms with Crippen LogP contribution in [0.25, 0.3) is 21.3 Å². The molecule has 0 saturated carbocycles. The summed E-state index contributed by atoms with van der Waals surface area (Å²) in [6.07, 6.45) is -6.82. The number of nitrogens with two attached hydrogens (primary N) is 1. The van der Waals surface area contributed by atoms with Crippen LogP contribution in [-0.4, -0.2) is 41.3 Å². The summed E-state index contributed by atoms with van der Waals surface area (Å²) in [4.78, 5) is 38.5. The van der Waals surface area contributed by atoms with Gasteiger partial charge in [0.2, 0.25) is 11.6 Å². The number of alkyl halides is 5. The van der Waals surface area contributed by atoms with Crippen LogP contribution in [0, 0.1) is 24.0 Å². The Hall–Kier alpha value is -4.48. The SMILES string of the molecule is CCn1ncc(-c2cc(C(F)(F)F)nc3sc(C(N)=O)c(NC(=O)Cn4nc(C(F)F)c([N+](=O)[O-])c4C)c23)c1C. The summed E-state index contributed by atoms with van der Waals surface area (Å²) in [6.45, 7) is 4.12. The first-order valence-electron chi connectivity index (χ1n) is 11.3. The van der Waals surface area contributed by atoms with E-state index in [1.54, 1.807) is 13.8 Å². The molecule has 0 unspecified atom stereocenters. The van der Waals surface area contributed by atoms with E-state index >= 15 is 0 Å². The van der Waals surface area contributed by atoms with Gasteiger partial charge in [-0.05, 0) is 32.4 Å². The molecule has 4 heterocycles. The van der Waals surface area contributed by atoms with Crippen LogP contribution in [0.5, 0.6) is 0 Å². The lowest BCUT2D eigenvalue weighted by molar-refractivity contribution is -0.386. The molecule has 0 bridgehead atoms. The normalized spacial score (nSPS) is 11.9. The van der Waals surface area contributed by atoms with E-state index in [-0.39, 0.29) is 37.6 Å². The minimum Gasteiger partial charge on any atom is -0.365 e. The molecule has 12 nitrogen and oxygen atoms in total. The summed E-state index contributed by atoms with van der Waals surface area (Å²) in [5, 5.41) is 21.3. The minimum atomic E-state index is -4.85. The molecule has 0 atom stereocenters. The highest BCUT2D eigenvalue weighted by Crippen LogP contribution is 2.44. The van der Waals surface area contributed by atoms with Crippen LogP contribution in [-0.2, 0) is 24.1 Å². The van der Waals surface area contributed by atoms with Crippen LogP contribution in [0.4, 0.5) is 33.3 Å². The van der Waals surface area contributed by atoms with Crippen LogP contribution < -0.4 is 11.1 Å². The number of carbonyl (C=O) groups excluding carboxylic acids is 2. The number of nitrogens with zero attached hydrogens (tertiary/aromatic N) is 6. The maximum absolute atomic E-state index is 13.7. The molecule has 40 heavy (non-hydrogen) atoms. The third-order valence-electron chi connectivity index (χ3n) is 6.02. The molecule has 4 aromatic rings. The second kappa shape index (κ2) is 10.2. The number of carbonyl (C=O) groups is 2. The molecule has 0 saturated heterocycles. The van der Waals surface area contributed by atoms with E-state index in [1.807, 2.05) is 0 Å². The van der Waals surface area contributed by atoms with Crippen molar-refractivity contribution in [3.05, 3.63) is 50.0 Å². The van der Waals surface area contributed by atoms with E-state index in [1.165, 1.54) is 10.9 Å². The first-order valence-corrected chi connectivity index (χ1v) is 12.1. The second-order valence-corrected chi connectivity index (χ2v) is 9.44. The zero-order chi connectivity index (χ0) is 29.7. The van der Waals surface area contributed by atoms with E-state index in [9.17, 15) is 41.7 Å². The maximum atomic E-state index is 13.7. The molecule has 0 aromatic carbocycles. The number of amides is 2. The van der Waals surface area contributed by atoms with Gasteiger partial charge in [0.25, 0.3) is 12.3 Å². The lowest BCUT2D eigenvalue weighted by Gasteiger charge is -2.12. The summed E-state index contributed by atoms with van der Waals surface area (Å²) >= 11 is 0.517. The van der Waals surface area contributed by atoms with E-state index in [4.69, 9.17) is 5.73 Å². The van der Waals surface area contributed by atoms with E-state index in [2.05, 4.69) is 20.5 Å². The Morgan fingerprint density at radius 3 is 2.38 bits per heavy atom. The van der Waals surface area contributed by atoms with Gasteiger partial charge in [0, 0.05) is 23.2 Å². The van der Waals surface area contributed by atoms with Gasteiger partial charge in [-0.1, -0.05) is 0 Å². The number of rotatable bonds is 8. The third kappa shape index (κ3) is 4.96. The number of nitro groups is 1. The van der Waals surface area contributed by atoms with Crippen molar-refractivity contribution in [1.82, 2.24) is 24.5 Å². The highest BCUT2D eigenvalue weighted by Gasteiger charge is 2.36. The Balaban J connectivity index is 1.88. The molecule has 4 aromatic heterocycles. The Kier molecular flexibility index (Phi) is 7.31. The molecular weight excluding hydrogens is 567 g/mol. The summed E-state index contributed by atoms with van der Waals surface area (Å²) in [7, 11) is 0. The van der Waals surface area contributed by atoms with Crippen molar-refractivity contribution >= 4 is 44.7 Å². The average molecular weight is 587 g/mol. The van der Waals surface area contributed by atoms with Gasteiger partial charge in [0.15, 0.2) is 0 Å². The van der Waals surface area contributed by atoms with Crippen LogP contribution in [0.1, 0.15) is 45.8 Å². The van der Waals surface area contributed by atoms with Gasteiger partial charge in [-0.25, -0.2) is 13.8 Å². The summed E-state index contributed by atoms with van der Waals surface area (Å²) < 4.78 is 70.0. The number of fused-ring (bicyclic) bond motifs is 1. The standard InChI is InChI=1S/C22H19F5N8O4S/c1-4-33-8(2)11(6-29-33)10-5-12(22(25,26)27)30-21-14(10)15(18(40-21)20(28)37)31-13(36)7-34-9(3)17(35(38)39)16(32-34)19(23)24/h5-6,19H,4,7H2,1-3H3,(H2,28,37)(H,31,36). The van der Waals surface area contributed by atoms with Gasteiger partial charge in [-0.2, -0.15) is 23.4 Å². The van der Waals surface area contributed by atoms with Crippen molar-refractivity contribution in [2.75, 3.05) is 5.32 Å². The molecular formula is C22H19F5N8O4S. The Bertz CT molecular complexity index is 1670. The number of thiophene rings is 1. The number of hydrogen-bond donors (Lipinski definition) is 2. The zero-order valence-electron chi connectivity index (χ0n) is 20.8. The fourth-order valence-corrected chi connectivity index (χ4v) is 5.19. The van der Waals surface area contributed by atoms with Crippen molar-refractivity contribution in [1.29, 1.82) is 0 Å². The van der Waals surface area contributed by atoms with Crippen molar-refractivity contribution < 1.29 is 36.5 Å². The predicted octanol–water partition coefficient (Wildman–Crippen LogP) is 4.60. The van der Waals surface area contributed by atoms with Gasteiger partial charge < -0.3 is 11.1 Å². The van der Waals surface area contributed by atoms with Crippen LogP contribution in [0.2, 0.25) is 0 Å². The number of primary amides is 1. The molecule has 18 heteroatoms. The maximum Gasteiger partial charge on any atom is 0.433 e. The van der Waals surface area contributed by atoms with Crippen molar-refractivity contribution in [2.45, 2.75) is 46.5 Å². The van der Waals surface area contributed by atoms with Crippen LogP contribution in [0.15, 0.2) is 12.3 Å². The predicted molar refractivity (Wildman–Crippen MR) is 132 cm³/mol. The van der Waals surface area contributed by atoms with Crippen molar-refractivity contribution in [3.63, 3.8) is 0 Å². The van der Waals surface area contributed by atoms with Gasteiger partial charge in [0.1, 0.15) is 27.6 Å². The number of aryl methyl sites for hydroxylation is 1. The molecule has 3 N–H and O–H groups in total. The van der Waals surface area contributed by atoms with E-state index in [0.29, 0.717) is 28.3 Å². The van der Waals surface area contributed by atoms with Crippen molar-refractivity contribution in [2.24, 2.45) is 5.73 Å². The minimum absolute atomic E-state index is 0.0321. The Morgan fingerprint density at radius 1 is 1.20 bits per heavy atom. The number of halogens is 5. The molecule has 0 radical (unpaired) electrons. The monoisotopic (exact) mass is 586 g/mol. The lowest BCUT2D eigenvalue weighted by atomic mass is 10.0. The molecule has 0 aliphatic heterocycles. The van der Waals surface area contributed by atoms with Crippen LogP contribution >= 0.6 is 11.3 Å². The van der Waals surface area contributed by atoms with E-state index in [0.717, 1.165) is 13.0 Å². The summed E-state index contributed by atoms with van der Waals surface area (Å²) in [5.74, 6) is -2.06. The van der Waals surface area contributed by atoms with Crippen molar-refractivity contribution in [3.8, 4) is 11.1 Å². The number of hydrogen-bond acceptors (Lipinski definition) is 8. The zero-order valence-corrected chi connectivity index (χ0v) is 21.7. The smallest absolute Gasteiger partial charge is 0.365 e. The molecule has 4 rings (SSSR count). The highest BCUT2D eigenvalue weighted by molar-refractivity contribution is 7.21. The first kappa shape index (κ1) is 28.5. The molecule has 0 aliphatic rings. The Labute approximate surface area is 224 Å². The largest absolute Gasteiger partial charge is 0.433 e. The van der Waals surface area contributed by atoms with E-state index < -0.39 is 53.0 Å². The number of aromatic nitrogens is 5. The summed E-state index contributed by atoms with van der Waals surface area (Å²) in [6, 6.07) is 0.759. The second-order valence-electron chi connectivity index (χ2n) is 8.45. The Morgan fingerprint density at radius 2 is 1.88 bits per heavy atom. The molecule has 212 valence electrons. The van der Waals surface area contributed by atoms with Crippen LogP contribution in [0.3, 0.4) is 0 Å². The van der Waals surface area contributed by atoms with Gasteiger partial charge in [0.05, 0.1) is 16.8 Å². The first-order chi connectivity index (χ1) is 18.6. The molecule has 0 spiro atoms. The topological polar surface area (TPSA) is 164 Å². The molecule has 0 fully saturated rings. The fraction of sp³-hybridized carbons (Fsp3) is 0.318. The van der Waals surface area contributed by atoms with Gasteiger partial charge in [-0.15, -0.1) is 11.3 Å². The molecule has 0 aliphatic carbocycles.